The highest BCUT2D eigenvalue weighted by Gasteiger charge is 2.17. The van der Waals surface area contributed by atoms with Gasteiger partial charge >= 0.3 is 0 Å². The average Bonchev–Trinajstić information content (AvgIpc) is 2.37. The molecule has 102 valence electrons. The molecule has 1 aliphatic rings. The van der Waals surface area contributed by atoms with Crippen molar-refractivity contribution in [2.24, 2.45) is 0 Å². The Labute approximate surface area is 116 Å². The molecule has 0 bridgehead atoms. The van der Waals surface area contributed by atoms with Crippen molar-refractivity contribution >= 4 is 13.9 Å². The van der Waals surface area contributed by atoms with Gasteiger partial charge in [-0.05, 0) is 6.92 Å². The van der Waals surface area contributed by atoms with Gasteiger partial charge in [-0.3, -0.25) is 0 Å². The molecule has 5 heteroatoms. The largest absolute Gasteiger partial charge is 0.378 e. The normalized spacial score (nSPS) is 15.9. The maximum Gasteiger partial charge on any atom is 0.148 e. The second-order valence-corrected chi connectivity index (χ2v) is 10.5. The Morgan fingerprint density at radius 1 is 1.21 bits per heavy atom. The van der Waals surface area contributed by atoms with E-state index in [1.807, 2.05) is 6.92 Å². The molecule has 0 atom stereocenters. The molecule has 1 aromatic heterocycles. The Kier molecular flexibility index (Phi) is 4.23. The third-order valence-electron chi connectivity index (χ3n) is 2.89. The molecule has 1 fully saturated rings. The maximum absolute atomic E-state index is 5.39. The monoisotopic (exact) mass is 275 g/mol. The van der Waals surface area contributed by atoms with Crippen molar-refractivity contribution in [3.63, 3.8) is 0 Å². The molecule has 19 heavy (non-hydrogen) atoms. The van der Waals surface area contributed by atoms with E-state index in [-0.39, 0.29) is 0 Å². The first-order valence-corrected chi connectivity index (χ1v) is 10.1. The molecule has 0 aromatic carbocycles. The van der Waals surface area contributed by atoms with E-state index in [0.29, 0.717) is 0 Å². The third-order valence-corrected chi connectivity index (χ3v) is 3.76. The first kappa shape index (κ1) is 14.0. The summed E-state index contributed by atoms with van der Waals surface area (Å²) >= 11 is 0. The Balaban J connectivity index is 2.37. The zero-order valence-electron chi connectivity index (χ0n) is 12.2. The Bertz CT molecular complexity index is 508. The Morgan fingerprint density at radius 3 is 2.53 bits per heavy atom. The minimum Gasteiger partial charge on any atom is -0.378 e. The van der Waals surface area contributed by atoms with Gasteiger partial charge in [0.1, 0.15) is 20.2 Å². The molecule has 2 rings (SSSR count). The summed E-state index contributed by atoms with van der Waals surface area (Å²) in [6, 6.07) is 0. The van der Waals surface area contributed by atoms with E-state index in [1.54, 1.807) is 6.33 Å². The lowest BCUT2D eigenvalue weighted by molar-refractivity contribution is 0.122. The van der Waals surface area contributed by atoms with Gasteiger partial charge in [-0.2, -0.15) is 0 Å². The van der Waals surface area contributed by atoms with E-state index < -0.39 is 8.07 Å². The van der Waals surface area contributed by atoms with Crippen LogP contribution in [0.25, 0.3) is 0 Å². The molecule has 2 heterocycles. The van der Waals surface area contributed by atoms with E-state index in [4.69, 9.17) is 4.74 Å². The maximum atomic E-state index is 5.39. The topological polar surface area (TPSA) is 38.2 Å². The minimum absolute atomic E-state index is 0.754. The SMILES string of the molecule is Cc1ncnc(N2CCOCC2)c1C#C[Si](C)(C)C. The van der Waals surface area contributed by atoms with Gasteiger partial charge in [0.05, 0.1) is 24.5 Å². The Hall–Kier alpha value is -1.38. The molecule has 0 N–H and O–H groups in total. The number of hydrogen-bond donors (Lipinski definition) is 0. The number of rotatable bonds is 1. The molecule has 0 spiro atoms. The first-order valence-electron chi connectivity index (χ1n) is 6.65. The van der Waals surface area contributed by atoms with E-state index in [2.05, 4.69) is 46.0 Å². The molecular formula is C14H21N3OSi. The van der Waals surface area contributed by atoms with E-state index in [9.17, 15) is 0 Å². The van der Waals surface area contributed by atoms with Crippen LogP contribution in [-0.4, -0.2) is 44.3 Å². The zero-order valence-corrected chi connectivity index (χ0v) is 13.2. The molecular weight excluding hydrogens is 254 g/mol. The number of nitrogens with zero attached hydrogens (tertiary/aromatic N) is 3. The third kappa shape index (κ3) is 3.79. The lowest BCUT2D eigenvalue weighted by Crippen LogP contribution is -2.37. The van der Waals surface area contributed by atoms with Gasteiger partial charge in [0.25, 0.3) is 0 Å². The van der Waals surface area contributed by atoms with Gasteiger partial charge in [0.15, 0.2) is 0 Å². The summed E-state index contributed by atoms with van der Waals surface area (Å²) in [5.41, 5.74) is 5.35. The number of aryl methyl sites for hydroxylation is 1. The standard InChI is InChI=1S/C14H21N3OSi/c1-12-13(5-10-19(2,3)4)14(16-11-15-12)17-6-8-18-9-7-17/h11H,6-9H2,1-4H3. The number of ether oxygens (including phenoxy) is 1. The van der Waals surface area contributed by atoms with Crippen molar-refractivity contribution < 1.29 is 4.74 Å². The highest BCUT2D eigenvalue weighted by molar-refractivity contribution is 6.83. The average molecular weight is 275 g/mol. The summed E-state index contributed by atoms with van der Waals surface area (Å²) in [5.74, 6) is 4.28. The summed E-state index contributed by atoms with van der Waals surface area (Å²) in [6.45, 7) is 12.0. The highest BCUT2D eigenvalue weighted by atomic mass is 28.3. The molecule has 0 radical (unpaired) electrons. The first-order chi connectivity index (χ1) is 8.97. The summed E-state index contributed by atoms with van der Waals surface area (Å²) in [5, 5.41) is 0. The van der Waals surface area contributed by atoms with Gasteiger partial charge < -0.3 is 9.64 Å². The number of anilines is 1. The molecule has 0 saturated carbocycles. The lowest BCUT2D eigenvalue weighted by atomic mass is 10.2. The molecule has 4 nitrogen and oxygen atoms in total. The quantitative estimate of drug-likeness (QED) is 0.579. The van der Waals surface area contributed by atoms with Crippen LogP contribution >= 0.6 is 0 Å². The van der Waals surface area contributed by atoms with Gasteiger partial charge in [0.2, 0.25) is 0 Å². The van der Waals surface area contributed by atoms with Crippen molar-refractivity contribution in [3.8, 4) is 11.5 Å². The summed E-state index contributed by atoms with van der Waals surface area (Å²) < 4.78 is 5.39. The number of hydrogen-bond acceptors (Lipinski definition) is 4. The molecule has 1 saturated heterocycles. The van der Waals surface area contributed by atoms with Crippen LogP contribution in [0.5, 0.6) is 0 Å². The minimum atomic E-state index is -1.40. The molecule has 1 aromatic rings. The second kappa shape index (κ2) is 5.72. The van der Waals surface area contributed by atoms with E-state index in [0.717, 1.165) is 43.4 Å². The van der Waals surface area contributed by atoms with Crippen LogP contribution in [-0.2, 0) is 4.74 Å². The van der Waals surface area contributed by atoms with Crippen molar-refractivity contribution in [2.75, 3.05) is 31.2 Å². The van der Waals surface area contributed by atoms with Crippen molar-refractivity contribution in [3.05, 3.63) is 17.6 Å². The van der Waals surface area contributed by atoms with E-state index in [1.165, 1.54) is 0 Å². The molecule has 1 aliphatic heterocycles. The van der Waals surface area contributed by atoms with Gasteiger partial charge in [-0.1, -0.05) is 25.6 Å². The van der Waals surface area contributed by atoms with Crippen LogP contribution in [0.2, 0.25) is 19.6 Å². The van der Waals surface area contributed by atoms with Crippen molar-refractivity contribution in [1.82, 2.24) is 9.97 Å². The zero-order chi connectivity index (χ0) is 13.9. The second-order valence-electron chi connectivity index (χ2n) is 5.76. The number of aromatic nitrogens is 2. The van der Waals surface area contributed by atoms with Gasteiger partial charge in [-0.25, -0.2) is 9.97 Å². The Morgan fingerprint density at radius 2 is 1.89 bits per heavy atom. The predicted octanol–water partition coefficient (Wildman–Crippen LogP) is 1.85. The summed E-state index contributed by atoms with van der Waals surface area (Å²) in [7, 11) is -1.40. The molecule has 0 aliphatic carbocycles. The van der Waals surface area contributed by atoms with Crippen LogP contribution in [0.4, 0.5) is 5.82 Å². The highest BCUT2D eigenvalue weighted by Crippen LogP contribution is 2.19. The fraction of sp³-hybridized carbons (Fsp3) is 0.571. The van der Waals surface area contributed by atoms with Gasteiger partial charge in [0, 0.05) is 13.1 Å². The molecule has 0 amide bonds. The van der Waals surface area contributed by atoms with Crippen molar-refractivity contribution in [1.29, 1.82) is 0 Å². The van der Waals surface area contributed by atoms with Crippen LogP contribution in [0.1, 0.15) is 11.3 Å². The fourth-order valence-corrected chi connectivity index (χ4v) is 2.37. The van der Waals surface area contributed by atoms with Crippen LogP contribution < -0.4 is 4.90 Å². The fourth-order valence-electron chi connectivity index (χ4n) is 1.87. The smallest absolute Gasteiger partial charge is 0.148 e. The number of morpholine rings is 1. The van der Waals surface area contributed by atoms with Crippen LogP contribution in [0.15, 0.2) is 6.33 Å². The summed E-state index contributed by atoms with van der Waals surface area (Å²) in [6.07, 6.45) is 1.62. The van der Waals surface area contributed by atoms with Crippen molar-refractivity contribution in [2.45, 2.75) is 26.6 Å². The predicted molar refractivity (Wildman–Crippen MR) is 80.0 cm³/mol. The lowest BCUT2D eigenvalue weighted by Gasteiger charge is -2.28. The van der Waals surface area contributed by atoms with Crippen LogP contribution in [0.3, 0.4) is 0 Å². The van der Waals surface area contributed by atoms with Gasteiger partial charge in [-0.15, -0.1) is 5.54 Å². The molecule has 0 unspecified atom stereocenters. The van der Waals surface area contributed by atoms with Crippen LogP contribution in [0, 0.1) is 18.4 Å². The van der Waals surface area contributed by atoms with E-state index >= 15 is 0 Å². The summed E-state index contributed by atoms with van der Waals surface area (Å²) in [4.78, 5) is 11.0.